The third kappa shape index (κ3) is 2.94. The Bertz CT molecular complexity index is 276. The van der Waals surface area contributed by atoms with E-state index in [0.29, 0.717) is 0 Å². The van der Waals surface area contributed by atoms with Gasteiger partial charge in [-0.2, -0.15) is 0 Å². The van der Waals surface area contributed by atoms with E-state index in [-0.39, 0.29) is 0 Å². The average molecular weight is 176 g/mol. The molecule has 0 saturated heterocycles. The van der Waals surface area contributed by atoms with Crippen molar-refractivity contribution >= 4 is 0 Å². The highest BCUT2D eigenvalue weighted by molar-refractivity contribution is 5.33. The molecule has 0 aliphatic rings. The Morgan fingerprint density at radius 1 is 1.31 bits per heavy atom. The summed E-state index contributed by atoms with van der Waals surface area (Å²) in [6.07, 6.45) is 5.83. The quantitative estimate of drug-likeness (QED) is 0.637. The molecule has 13 heavy (non-hydrogen) atoms. The van der Waals surface area contributed by atoms with E-state index in [1.807, 2.05) is 31.2 Å². The fourth-order valence-corrected chi connectivity index (χ4v) is 1.24. The van der Waals surface area contributed by atoms with E-state index in [9.17, 15) is 0 Å². The van der Waals surface area contributed by atoms with Crippen LogP contribution in [0.4, 0.5) is 0 Å². The second kappa shape index (κ2) is 5.41. The van der Waals surface area contributed by atoms with E-state index in [1.165, 1.54) is 5.56 Å². The van der Waals surface area contributed by atoms with Crippen LogP contribution in [0.3, 0.4) is 0 Å². The summed E-state index contributed by atoms with van der Waals surface area (Å²) >= 11 is 0. The summed E-state index contributed by atoms with van der Waals surface area (Å²) in [7, 11) is 0. The highest BCUT2D eigenvalue weighted by atomic mass is 16.5. The number of para-hydroxylation sites is 1. The van der Waals surface area contributed by atoms with Crippen LogP contribution in [-0.2, 0) is 6.42 Å². The molecule has 0 saturated carbocycles. The van der Waals surface area contributed by atoms with Gasteiger partial charge in [0.25, 0.3) is 0 Å². The fraction of sp³-hybridized carbons (Fsp3) is 0.333. The maximum absolute atomic E-state index is 5.46. The van der Waals surface area contributed by atoms with E-state index in [4.69, 9.17) is 4.74 Å². The number of rotatable bonds is 4. The van der Waals surface area contributed by atoms with E-state index in [1.54, 1.807) is 6.26 Å². The van der Waals surface area contributed by atoms with Crippen LogP contribution in [0.15, 0.2) is 36.6 Å². The van der Waals surface area contributed by atoms with Crippen LogP contribution in [0.5, 0.6) is 5.75 Å². The molecule has 1 aromatic carbocycles. The van der Waals surface area contributed by atoms with Crippen molar-refractivity contribution in [3.63, 3.8) is 0 Å². The summed E-state index contributed by atoms with van der Waals surface area (Å²) in [6, 6.07) is 8.17. The standard InChI is InChI=1S/C12H16O/c1-3-7-11-8-5-6-9-12(11)13-10-4-2/h4-6,8-10H,3,7H2,1-2H3/b10-4+. The predicted octanol–water partition coefficient (Wildman–Crippen LogP) is 3.55. The second-order valence-corrected chi connectivity index (χ2v) is 2.94. The average Bonchev–Trinajstić information content (AvgIpc) is 2.17. The summed E-state index contributed by atoms with van der Waals surface area (Å²) in [5.74, 6) is 0.974. The zero-order valence-electron chi connectivity index (χ0n) is 8.29. The lowest BCUT2D eigenvalue weighted by molar-refractivity contribution is 0.473. The van der Waals surface area contributed by atoms with Crippen molar-refractivity contribution in [1.29, 1.82) is 0 Å². The highest BCUT2D eigenvalue weighted by Gasteiger charge is 1.99. The normalized spacial score (nSPS) is 10.6. The monoisotopic (exact) mass is 176 g/mol. The molecule has 0 aliphatic heterocycles. The third-order valence-electron chi connectivity index (χ3n) is 1.82. The van der Waals surface area contributed by atoms with Gasteiger partial charge in [-0.3, -0.25) is 0 Å². The summed E-state index contributed by atoms with van der Waals surface area (Å²) < 4.78 is 5.46. The lowest BCUT2D eigenvalue weighted by atomic mass is 10.1. The molecular formula is C12H16O. The van der Waals surface area contributed by atoms with Crippen LogP contribution in [0.25, 0.3) is 0 Å². The summed E-state index contributed by atoms with van der Waals surface area (Å²) in [6.45, 7) is 4.12. The minimum absolute atomic E-state index is 0.974. The van der Waals surface area contributed by atoms with E-state index in [2.05, 4.69) is 13.0 Å². The van der Waals surface area contributed by atoms with Crippen LogP contribution < -0.4 is 4.74 Å². The first kappa shape index (κ1) is 9.85. The van der Waals surface area contributed by atoms with Crippen LogP contribution in [0.1, 0.15) is 25.8 Å². The van der Waals surface area contributed by atoms with Gasteiger partial charge in [-0.1, -0.05) is 37.6 Å². The van der Waals surface area contributed by atoms with E-state index >= 15 is 0 Å². The third-order valence-corrected chi connectivity index (χ3v) is 1.82. The first-order valence-electron chi connectivity index (χ1n) is 4.74. The number of benzene rings is 1. The van der Waals surface area contributed by atoms with E-state index in [0.717, 1.165) is 18.6 Å². The van der Waals surface area contributed by atoms with Gasteiger partial charge in [0.05, 0.1) is 6.26 Å². The molecular weight excluding hydrogens is 160 g/mol. The Morgan fingerprint density at radius 3 is 2.77 bits per heavy atom. The lowest BCUT2D eigenvalue weighted by Gasteiger charge is -2.06. The number of hydrogen-bond acceptors (Lipinski definition) is 1. The Hall–Kier alpha value is -1.24. The molecule has 0 atom stereocenters. The zero-order chi connectivity index (χ0) is 9.52. The maximum atomic E-state index is 5.46. The SMILES string of the molecule is C/C=C/Oc1ccccc1CCC. The molecule has 1 nitrogen and oxygen atoms in total. The van der Waals surface area contributed by atoms with Gasteiger partial charge in [-0.15, -0.1) is 0 Å². The molecule has 1 aromatic rings. The molecule has 0 unspecified atom stereocenters. The molecule has 1 heteroatoms. The first-order valence-corrected chi connectivity index (χ1v) is 4.74. The summed E-state index contributed by atoms with van der Waals surface area (Å²) in [5, 5.41) is 0. The van der Waals surface area contributed by atoms with Gasteiger partial charge in [0.15, 0.2) is 0 Å². The van der Waals surface area contributed by atoms with Crippen LogP contribution in [-0.4, -0.2) is 0 Å². The van der Waals surface area contributed by atoms with Crippen LogP contribution >= 0.6 is 0 Å². The van der Waals surface area contributed by atoms with Crippen molar-refractivity contribution in [3.8, 4) is 5.75 Å². The van der Waals surface area contributed by atoms with Gasteiger partial charge in [-0.25, -0.2) is 0 Å². The van der Waals surface area contributed by atoms with Crippen molar-refractivity contribution in [1.82, 2.24) is 0 Å². The van der Waals surface area contributed by atoms with Gasteiger partial charge in [-0.05, 0) is 25.0 Å². The van der Waals surface area contributed by atoms with Gasteiger partial charge >= 0.3 is 0 Å². The van der Waals surface area contributed by atoms with Crippen molar-refractivity contribution in [2.75, 3.05) is 0 Å². The summed E-state index contributed by atoms with van der Waals surface area (Å²) in [5.41, 5.74) is 1.28. The molecule has 1 rings (SSSR count). The minimum Gasteiger partial charge on any atom is -0.465 e. The molecule has 70 valence electrons. The largest absolute Gasteiger partial charge is 0.465 e. The minimum atomic E-state index is 0.974. The lowest BCUT2D eigenvalue weighted by Crippen LogP contribution is -1.89. The Kier molecular flexibility index (Phi) is 4.10. The molecule has 0 aromatic heterocycles. The number of ether oxygens (including phenoxy) is 1. The van der Waals surface area contributed by atoms with Crippen molar-refractivity contribution < 1.29 is 4.74 Å². The Labute approximate surface area is 80.0 Å². The highest BCUT2D eigenvalue weighted by Crippen LogP contribution is 2.19. The van der Waals surface area contributed by atoms with Crippen molar-refractivity contribution in [3.05, 3.63) is 42.2 Å². The van der Waals surface area contributed by atoms with Gasteiger partial charge in [0.2, 0.25) is 0 Å². The van der Waals surface area contributed by atoms with E-state index < -0.39 is 0 Å². The summed E-state index contributed by atoms with van der Waals surface area (Å²) in [4.78, 5) is 0. The Morgan fingerprint density at radius 2 is 2.08 bits per heavy atom. The number of hydrogen-bond donors (Lipinski definition) is 0. The Balaban J connectivity index is 2.77. The smallest absolute Gasteiger partial charge is 0.129 e. The van der Waals surface area contributed by atoms with Crippen LogP contribution in [0.2, 0.25) is 0 Å². The van der Waals surface area contributed by atoms with Gasteiger partial charge < -0.3 is 4.74 Å². The molecule has 0 bridgehead atoms. The maximum Gasteiger partial charge on any atom is 0.129 e. The molecule has 0 fully saturated rings. The molecule has 0 amide bonds. The van der Waals surface area contributed by atoms with Crippen molar-refractivity contribution in [2.45, 2.75) is 26.7 Å². The molecule has 0 radical (unpaired) electrons. The first-order chi connectivity index (χ1) is 6.38. The number of allylic oxidation sites excluding steroid dienone is 1. The van der Waals surface area contributed by atoms with Gasteiger partial charge in [0, 0.05) is 0 Å². The topological polar surface area (TPSA) is 9.23 Å². The van der Waals surface area contributed by atoms with Gasteiger partial charge in [0.1, 0.15) is 5.75 Å². The van der Waals surface area contributed by atoms with Crippen molar-refractivity contribution in [2.24, 2.45) is 0 Å². The zero-order valence-corrected chi connectivity index (χ0v) is 8.29. The fourth-order valence-electron chi connectivity index (χ4n) is 1.24. The molecule has 0 spiro atoms. The number of aryl methyl sites for hydroxylation is 1. The predicted molar refractivity (Wildman–Crippen MR) is 55.9 cm³/mol. The molecule has 0 N–H and O–H groups in total. The van der Waals surface area contributed by atoms with Crippen LogP contribution in [0, 0.1) is 0 Å². The molecule has 0 aliphatic carbocycles. The second-order valence-electron chi connectivity index (χ2n) is 2.94. The molecule has 0 heterocycles.